The van der Waals surface area contributed by atoms with Crippen LogP contribution in [0.4, 0.5) is 0 Å². The van der Waals surface area contributed by atoms with Gasteiger partial charge < -0.3 is 61.5 Å². The Morgan fingerprint density at radius 2 is 0.916 bits per heavy atom. The molecule has 0 aromatic heterocycles. The lowest BCUT2D eigenvalue weighted by Crippen LogP contribution is -2.63. The average Bonchev–Trinajstić information content (AvgIpc) is 3.52. The molecule has 11 amide bonds. The summed E-state index contributed by atoms with van der Waals surface area (Å²) in [5.41, 5.74) is 5.38. The van der Waals surface area contributed by atoms with E-state index in [1.54, 1.807) is 60.6 Å². The van der Waals surface area contributed by atoms with E-state index in [0.717, 1.165) is 14.7 Å². The van der Waals surface area contributed by atoms with E-state index in [1.807, 2.05) is 55.4 Å². The van der Waals surface area contributed by atoms with E-state index in [1.165, 1.54) is 70.8 Å². The Kier molecular flexibility index (Phi) is 33.2. The molecule has 83 heavy (non-hydrogen) atoms. The lowest BCUT2D eigenvalue weighted by molar-refractivity contribution is -0.157. The number of nitrogens with one attached hydrogen (secondary N) is 4. The van der Waals surface area contributed by atoms with Gasteiger partial charge in [-0.25, -0.2) is 0 Å². The Morgan fingerprint density at radius 3 is 1.35 bits per heavy atom. The van der Waals surface area contributed by atoms with E-state index >= 15 is 9.59 Å². The van der Waals surface area contributed by atoms with Crippen molar-refractivity contribution in [2.45, 2.75) is 217 Å². The predicted molar refractivity (Wildman–Crippen MR) is 321 cm³/mol. The van der Waals surface area contributed by atoms with Gasteiger partial charge in [0.05, 0.1) is 12.6 Å². The lowest BCUT2D eigenvalue weighted by atomic mass is 9.91. The summed E-state index contributed by atoms with van der Waals surface area (Å²) in [6, 6.07) is -10.5. The fraction of sp³-hybridized carbons (Fsp3) is 0.783. The van der Waals surface area contributed by atoms with Crippen LogP contribution in [0.15, 0.2) is 12.2 Å². The van der Waals surface area contributed by atoms with Gasteiger partial charge in [-0.15, -0.1) is 0 Å². The molecule has 0 fully saturated rings. The summed E-state index contributed by atoms with van der Waals surface area (Å²) in [6.45, 7) is 29.7. The second-order valence-electron chi connectivity index (χ2n) is 24.7. The molecular weight excluding hydrogens is 1070 g/mol. The Morgan fingerprint density at radius 1 is 0.482 bits per heavy atom. The third-order valence-electron chi connectivity index (χ3n) is 15.6. The molecule has 23 nitrogen and oxygen atoms in total. The SMILES string of the molecule is C/C=C/C[C@@H](C)[C@H](O)C(C(=O)N[C@H](CC)C(=O)N(C)CC(=O)N(C)[C@@H](C)C(N)=O)N(C)C(=O)[C@@H](C(C)C)N(C)C(=O)[C@@H](CC(C)C)N(C)C(=O)[C@@H](CC(C)C)N(C)C(=O)[C@H](C)NC(=O)[C@H](CC)NC(=O)[C@H](CC(C)C)NC(=O)[C@H](C)C(C)C. The first-order chi connectivity index (χ1) is 38.3. The zero-order valence-electron chi connectivity index (χ0n) is 54.6. The van der Waals surface area contributed by atoms with Crippen LogP contribution in [0.2, 0.25) is 0 Å². The van der Waals surface area contributed by atoms with Crippen LogP contribution in [0, 0.1) is 41.4 Å². The van der Waals surface area contributed by atoms with Crippen molar-refractivity contribution in [1.82, 2.24) is 50.7 Å². The van der Waals surface area contributed by atoms with Crippen LogP contribution in [0.3, 0.4) is 0 Å². The largest absolute Gasteiger partial charge is 0.390 e. The van der Waals surface area contributed by atoms with Crippen molar-refractivity contribution < 1.29 is 57.8 Å². The van der Waals surface area contributed by atoms with Crippen molar-refractivity contribution >= 4 is 65.0 Å². The Balaban J connectivity index is 7.06. The van der Waals surface area contributed by atoms with E-state index in [9.17, 15) is 48.3 Å². The minimum absolute atomic E-state index is 0.0337. The predicted octanol–water partition coefficient (Wildman–Crippen LogP) is 2.91. The first-order valence-electron chi connectivity index (χ1n) is 29.6. The molecule has 23 heteroatoms. The monoisotopic (exact) mass is 1180 g/mol. The lowest BCUT2D eigenvalue weighted by Gasteiger charge is -2.41. The van der Waals surface area contributed by atoms with Crippen molar-refractivity contribution in [3.05, 3.63) is 12.2 Å². The van der Waals surface area contributed by atoms with Crippen LogP contribution in [-0.2, 0) is 52.7 Å². The van der Waals surface area contributed by atoms with Crippen LogP contribution in [0.1, 0.15) is 156 Å². The van der Waals surface area contributed by atoms with Crippen LogP contribution >= 0.6 is 0 Å². The highest BCUT2D eigenvalue weighted by Crippen LogP contribution is 2.25. The molecule has 12 atom stereocenters. The van der Waals surface area contributed by atoms with Crippen molar-refractivity contribution in [1.29, 1.82) is 0 Å². The molecule has 0 saturated heterocycles. The van der Waals surface area contributed by atoms with Gasteiger partial charge in [0.15, 0.2) is 0 Å². The number of nitrogens with zero attached hydrogens (tertiary/aromatic N) is 6. The molecule has 0 spiro atoms. The summed E-state index contributed by atoms with van der Waals surface area (Å²) in [6.07, 6.45) is 3.26. The highest BCUT2D eigenvalue weighted by Gasteiger charge is 2.45. The third-order valence-corrected chi connectivity index (χ3v) is 15.6. The van der Waals surface area contributed by atoms with Crippen molar-refractivity contribution in [3.8, 4) is 0 Å². The smallest absolute Gasteiger partial charge is 0.246 e. The van der Waals surface area contributed by atoms with Gasteiger partial charge >= 0.3 is 0 Å². The maximum atomic E-state index is 15.1. The summed E-state index contributed by atoms with van der Waals surface area (Å²) in [5, 5.41) is 23.0. The zero-order chi connectivity index (χ0) is 64.8. The molecule has 476 valence electrons. The molecule has 0 radical (unpaired) electrons. The molecule has 0 aliphatic rings. The van der Waals surface area contributed by atoms with Crippen molar-refractivity contribution in [2.24, 2.45) is 47.2 Å². The normalized spacial score (nSPS) is 16.1. The summed E-state index contributed by atoms with van der Waals surface area (Å²) in [5.74, 6) is -8.61. The number of amides is 11. The molecule has 0 bridgehead atoms. The topological polar surface area (TPSA) is 302 Å². The molecule has 7 N–H and O–H groups in total. The summed E-state index contributed by atoms with van der Waals surface area (Å²) >= 11 is 0. The molecule has 0 heterocycles. The van der Waals surface area contributed by atoms with Gasteiger partial charge in [-0.2, -0.15) is 0 Å². The average molecular weight is 1180 g/mol. The number of carbonyl (C=O) groups is 11. The molecule has 1 unspecified atom stereocenters. The van der Waals surface area contributed by atoms with Gasteiger partial charge in [0.2, 0.25) is 65.0 Å². The highest BCUT2D eigenvalue weighted by atomic mass is 16.3. The molecular formula is C60H109N11O12. The maximum Gasteiger partial charge on any atom is 0.246 e. The fourth-order valence-corrected chi connectivity index (χ4v) is 9.54. The van der Waals surface area contributed by atoms with E-state index in [2.05, 4.69) is 21.3 Å². The Bertz CT molecular complexity index is 2220. The van der Waals surface area contributed by atoms with Gasteiger partial charge in [0.1, 0.15) is 54.4 Å². The van der Waals surface area contributed by atoms with Gasteiger partial charge in [-0.05, 0) is 94.8 Å². The van der Waals surface area contributed by atoms with E-state index in [0.29, 0.717) is 12.8 Å². The number of likely N-dealkylation sites (N-methyl/N-ethyl adjacent to an activating group) is 6. The molecule has 0 saturated carbocycles. The molecule has 0 aromatic rings. The number of nitrogens with two attached hydrogens (primary N) is 1. The third kappa shape index (κ3) is 23.1. The first kappa shape index (κ1) is 76.9. The number of hydrogen-bond donors (Lipinski definition) is 6. The standard InChI is InChI=1S/C60H109N11O12/c1-24-27-28-38(14)50(73)49(55(78)64-43(26-3)57(80)66(18)32-47(72)67(19)41(17)51(61)74)71(23)60(83)48(37(12)13)70(22)59(82)46(31-35(8)9)69(21)58(81)45(30-34(6)7)68(20)56(79)40(16)62-53(76)42(25-2)63-54(77)44(29-33(4)5)65-52(75)39(15)36(10)11/h24,27,33-46,48-50,73H,25-26,28-32H2,1-23H3,(H2,61,74)(H,62,76)(H,63,77)(H,64,78)(H,65,75)/b27-24+/t38-,39-,40+,41+,42+,43-,44+,45-,46-,48-,49?,50+/m1/s1. The summed E-state index contributed by atoms with van der Waals surface area (Å²) in [4.78, 5) is 160. The Hall–Kier alpha value is -6.13. The molecule has 0 aromatic carbocycles. The zero-order valence-corrected chi connectivity index (χ0v) is 54.6. The minimum Gasteiger partial charge on any atom is -0.390 e. The highest BCUT2D eigenvalue weighted by molar-refractivity contribution is 5.98. The second-order valence-corrected chi connectivity index (χ2v) is 24.7. The number of rotatable bonds is 35. The summed E-state index contributed by atoms with van der Waals surface area (Å²) in [7, 11) is 8.41. The molecule has 0 aliphatic carbocycles. The number of primary amides is 1. The van der Waals surface area contributed by atoms with Crippen LogP contribution in [0.25, 0.3) is 0 Å². The van der Waals surface area contributed by atoms with E-state index in [-0.39, 0.29) is 61.2 Å². The Labute approximate surface area is 496 Å². The first-order valence-corrected chi connectivity index (χ1v) is 29.6. The quantitative estimate of drug-likeness (QED) is 0.0500. The number of carbonyl (C=O) groups excluding carboxylic acids is 11. The van der Waals surface area contributed by atoms with E-state index in [4.69, 9.17) is 5.73 Å². The number of aliphatic hydroxyl groups excluding tert-OH is 1. The second kappa shape index (κ2) is 35.9. The number of aliphatic hydroxyl groups is 1. The fourth-order valence-electron chi connectivity index (χ4n) is 9.54. The van der Waals surface area contributed by atoms with Crippen LogP contribution < -0.4 is 27.0 Å². The van der Waals surface area contributed by atoms with Gasteiger partial charge in [-0.3, -0.25) is 52.7 Å². The van der Waals surface area contributed by atoms with Gasteiger partial charge in [-0.1, -0.05) is 109 Å². The van der Waals surface area contributed by atoms with E-state index < -0.39 is 138 Å². The molecule has 0 rings (SSSR count). The van der Waals surface area contributed by atoms with Gasteiger partial charge in [0.25, 0.3) is 0 Å². The minimum atomic E-state index is -1.59. The molecule has 0 aliphatic heterocycles. The van der Waals surface area contributed by atoms with Gasteiger partial charge in [0, 0.05) is 48.2 Å². The van der Waals surface area contributed by atoms with Crippen LogP contribution in [-0.4, -0.2) is 209 Å². The van der Waals surface area contributed by atoms with Crippen molar-refractivity contribution in [3.63, 3.8) is 0 Å². The summed E-state index contributed by atoms with van der Waals surface area (Å²) < 4.78 is 0. The number of hydrogen-bond acceptors (Lipinski definition) is 12. The maximum absolute atomic E-state index is 15.1. The number of allylic oxidation sites excluding steroid dienone is 2. The van der Waals surface area contributed by atoms with Crippen molar-refractivity contribution in [2.75, 3.05) is 48.8 Å². The van der Waals surface area contributed by atoms with Crippen LogP contribution in [0.5, 0.6) is 0 Å².